The first-order valence-electron chi connectivity index (χ1n) is 6.74. The van der Waals surface area contributed by atoms with E-state index < -0.39 is 0 Å². The van der Waals surface area contributed by atoms with Gasteiger partial charge >= 0.3 is 0 Å². The Morgan fingerprint density at radius 3 is 2.84 bits per heavy atom. The van der Waals surface area contributed by atoms with Crippen molar-refractivity contribution in [3.63, 3.8) is 0 Å². The lowest BCUT2D eigenvalue weighted by Gasteiger charge is -2.10. The lowest BCUT2D eigenvalue weighted by atomic mass is 10.2. The normalized spacial score (nSPS) is 13.5. The highest BCUT2D eigenvalue weighted by Crippen LogP contribution is 2.32. The van der Waals surface area contributed by atoms with Crippen LogP contribution in [0.3, 0.4) is 0 Å². The summed E-state index contributed by atoms with van der Waals surface area (Å²) in [7, 11) is 0. The number of guanidine groups is 1. The molecule has 0 fully saturated rings. The summed E-state index contributed by atoms with van der Waals surface area (Å²) in [5.41, 5.74) is 1.11. The molecular formula is C14H21N3O2. The molecule has 0 spiro atoms. The molecular weight excluding hydrogens is 242 g/mol. The Bertz CT molecular complexity index is 446. The number of ether oxygens (including phenoxy) is 2. The van der Waals surface area contributed by atoms with Crippen molar-refractivity contribution in [2.75, 3.05) is 19.9 Å². The van der Waals surface area contributed by atoms with Crippen molar-refractivity contribution in [3.8, 4) is 11.5 Å². The van der Waals surface area contributed by atoms with Crippen LogP contribution in [0.15, 0.2) is 23.2 Å². The molecule has 0 unspecified atom stereocenters. The van der Waals surface area contributed by atoms with E-state index in [4.69, 9.17) is 9.47 Å². The van der Waals surface area contributed by atoms with Gasteiger partial charge in [-0.1, -0.05) is 13.0 Å². The molecule has 0 bridgehead atoms. The van der Waals surface area contributed by atoms with Gasteiger partial charge in [0.1, 0.15) is 0 Å². The van der Waals surface area contributed by atoms with Crippen LogP contribution in [-0.2, 0) is 6.54 Å². The van der Waals surface area contributed by atoms with Gasteiger partial charge in [-0.2, -0.15) is 0 Å². The number of hydrogen-bond donors (Lipinski definition) is 2. The van der Waals surface area contributed by atoms with Crippen molar-refractivity contribution in [2.24, 2.45) is 4.99 Å². The molecule has 0 aromatic heterocycles. The molecule has 0 saturated heterocycles. The third kappa shape index (κ3) is 3.77. The van der Waals surface area contributed by atoms with Gasteiger partial charge in [0.25, 0.3) is 0 Å². The van der Waals surface area contributed by atoms with Crippen LogP contribution in [0.25, 0.3) is 0 Å². The van der Waals surface area contributed by atoms with Crippen LogP contribution in [-0.4, -0.2) is 25.8 Å². The molecule has 19 heavy (non-hydrogen) atoms. The van der Waals surface area contributed by atoms with Crippen molar-refractivity contribution < 1.29 is 9.47 Å². The second-order valence-corrected chi connectivity index (χ2v) is 4.31. The second-order valence-electron chi connectivity index (χ2n) is 4.31. The Hall–Kier alpha value is -1.91. The predicted octanol–water partition coefficient (Wildman–Crippen LogP) is 1.88. The van der Waals surface area contributed by atoms with E-state index in [-0.39, 0.29) is 0 Å². The highest BCUT2D eigenvalue weighted by Gasteiger charge is 2.12. The van der Waals surface area contributed by atoms with Crippen LogP contribution in [0, 0.1) is 0 Å². The molecule has 0 radical (unpaired) electrons. The zero-order valence-electron chi connectivity index (χ0n) is 11.5. The second kappa shape index (κ2) is 6.87. The average molecular weight is 263 g/mol. The minimum absolute atomic E-state index is 0.308. The monoisotopic (exact) mass is 263 g/mol. The largest absolute Gasteiger partial charge is 0.454 e. The van der Waals surface area contributed by atoms with Crippen LogP contribution in [0.4, 0.5) is 0 Å². The number of aliphatic imine (C=N–C) groups is 1. The maximum absolute atomic E-state index is 5.36. The Kier molecular flexibility index (Phi) is 4.89. The molecule has 0 saturated carbocycles. The highest BCUT2D eigenvalue weighted by atomic mass is 16.7. The summed E-state index contributed by atoms with van der Waals surface area (Å²) in [4.78, 5) is 4.54. The third-order valence-electron chi connectivity index (χ3n) is 2.74. The van der Waals surface area contributed by atoms with Gasteiger partial charge in [-0.15, -0.1) is 0 Å². The van der Waals surface area contributed by atoms with E-state index in [1.54, 1.807) is 0 Å². The molecule has 1 heterocycles. The summed E-state index contributed by atoms with van der Waals surface area (Å²) in [5, 5.41) is 6.50. The Morgan fingerprint density at radius 1 is 1.21 bits per heavy atom. The van der Waals surface area contributed by atoms with Gasteiger partial charge in [0.05, 0.1) is 6.54 Å². The van der Waals surface area contributed by atoms with E-state index in [2.05, 4.69) is 29.5 Å². The van der Waals surface area contributed by atoms with Crippen LogP contribution < -0.4 is 20.1 Å². The van der Waals surface area contributed by atoms with E-state index in [0.717, 1.165) is 42.5 Å². The number of hydrogen-bond acceptors (Lipinski definition) is 3. The summed E-state index contributed by atoms with van der Waals surface area (Å²) in [6, 6.07) is 5.93. The van der Waals surface area contributed by atoms with E-state index in [9.17, 15) is 0 Å². The molecule has 2 rings (SSSR count). The smallest absolute Gasteiger partial charge is 0.231 e. The first kappa shape index (κ1) is 13.5. The summed E-state index contributed by atoms with van der Waals surface area (Å²) in [6.07, 6.45) is 1.08. The van der Waals surface area contributed by atoms with E-state index >= 15 is 0 Å². The van der Waals surface area contributed by atoms with Crippen molar-refractivity contribution in [1.29, 1.82) is 0 Å². The fourth-order valence-electron chi connectivity index (χ4n) is 1.79. The first-order chi connectivity index (χ1) is 9.33. The SMILES string of the molecule is CCCNC(=NCc1ccc2c(c1)OCO2)NCC. The molecule has 1 aliphatic rings. The van der Waals surface area contributed by atoms with Crippen LogP contribution in [0.1, 0.15) is 25.8 Å². The van der Waals surface area contributed by atoms with Crippen molar-refractivity contribution >= 4 is 5.96 Å². The minimum Gasteiger partial charge on any atom is -0.454 e. The van der Waals surface area contributed by atoms with Crippen molar-refractivity contribution in [3.05, 3.63) is 23.8 Å². The fraction of sp³-hybridized carbons (Fsp3) is 0.500. The van der Waals surface area contributed by atoms with Crippen molar-refractivity contribution in [2.45, 2.75) is 26.8 Å². The van der Waals surface area contributed by atoms with Crippen molar-refractivity contribution in [1.82, 2.24) is 10.6 Å². The van der Waals surface area contributed by atoms with Crippen LogP contribution >= 0.6 is 0 Å². The quantitative estimate of drug-likeness (QED) is 0.629. The maximum atomic E-state index is 5.36. The van der Waals surface area contributed by atoms with E-state index in [1.807, 2.05) is 18.2 Å². The number of nitrogens with zero attached hydrogens (tertiary/aromatic N) is 1. The fourth-order valence-corrected chi connectivity index (χ4v) is 1.79. The first-order valence-corrected chi connectivity index (χ1v) is 6.74. The summed E-state index contributed by atoms with van der Waals surface area (Å²) in [6.45, 7) is 6.90. The third-order valence-corrected chi connectivity index (χ3v) is 2.74. The molecule has 1 aliphatic heterocycles. The van der Waals surface area contributed by atoms with Gasteiger partial charge in [0.2, 0.25) is 6.79 Å². The van der Waals surface area contributed by atoms with Gasteiger partial charge in [0, 0.05) is 13.1 Å². The Labute approximate surface area is 114 Å². The van der Waals surface area contributed by atoms with Gasteiger partial charge in [-0.3, -0.25) is 0 Å². The molecule has 5 nitrogen and oxygen atoms in total. The van der Waals surface area contributed by atoms with E-state index in [0.29, 0.717) is 13.3 Å². The molecule has 104 valence electrons. The van der Waals surface area contributed by atoms with Crippen LogP contribution in [0.2, 0.25) is 0 Å². The highest BCUT2D eigenvalue weighted by molar-refractivity contribution is 5.79. The zero-order chi connectivity index (χ0) is 13.5. The summed E-state index contributed by atoms with van der Waals surface area (Å²) in [5.74, 6) is 2.46. The number of benzene rings is 1. The lowest BCUT2D eigenvalue weighted by Crippen LogP contribution is -2.37. The predicted molar refractivity (Wildman–Crippen MR) is 75.7 cm³/mol. The van der Waals surface area contributed by atoms with Gasteiger partial charge in [-0.25, -0.2) is 4.99 Å². The Morgan fingerprint density at radius 2 is 2.05 bits per heavy atom. The summed E-state index contributed by atoms with van der Waals surface area (Å²) >= 11 is 0. The molecule has 0 atom stereocenters. The summed E-state index contributed by atoms with van der Waals surface area (Å²) < 4.78 is 10.6. The van der Waals surface area contributed by atoms with Gasteiger partial charge in [0.15, 0.2) is 17.5 Å². The average Bonchev–Trinajstić information content (AvgIpc) is 2.89. The molecule has 1 aromatic carbocycles. The topological polar surface area (TPSA) is 54.9 Å². The Balaban J connectivity index is 1.98. The number of nitrogens with one attached hydrogen (secondary N) is 2. The molecule has 1 aromatic rings. The molecule has 0 amide bonds. The minimum atomic E-state index is 0.308. The zero-order valence-corrected chi connectivity index (χ0v) is 11.5. The molecule has 2 N–H and O–H groups in total. The van der Waals surface area contributed by atoms with Crippen LogP contribution in [0.5, 0.6) is 11.5 Å². The van der Waals surface area contributed by atoms with E-state index in [1.165, 1.54) is 0 Å². The number of fused-ring (bicyclic) bond motifs is 1. The standard InChI is InChI=1S/C14H21N3O2/c1-3-7-16-14(15-4-2)17-9-11-5-6-12-13(8-11)19-10-18-12/h5-6,8H,3-4,7,9-10H2,1-2H3,(H2,15,16,17). The number of rotatable bonds is 5. The van der Waals surface area contributed by atoms with Gasteiger partial charge < -0.3 is 20.1 Å². The van der Waals surface area contributed by atoms with Gasteiger partial charge in [-0.05, 0) is 31.0 Å². The lowest BCUT2D eigenvalue weighted by molar-refractivity contribution is 0.174. The maximum Gasteiger partial charge on any atom is 0.231 e. The molecule has 5 heteroatoms. The molecule has 0 aliphatic carbocycles.